The third-order valence-electron chi connectivity index (χ3n) is 5.90. The number of halogens is 9. The van der Waals surface area contributed by atoms with Gasteiger partial charge in [-0.15, -0.1) is 0 Å². The van der Waals surface area contributed by atoms with Gasteiger partial charge in [-0.1, -0.05) is 6.07 Å². The number of hydrogen-bond donors (Lipinski definition) is 4. The van der Waals surface area contributed by atoms with Gasteiger partial charge < -0.3 is 29.9 Å². The predicted octanol–water partition coefficient (Wildman–Crippen LogP) is 2.81. The van der Waals surface area contributed by atoms with Gasteiger partial charge in [0.05, 0.1) is 12.2 Å². The molecule has 0 aromatic carbocycles. The lowest BCUT2D eigenvalue weighted by Gasteiger charge is -2.45. The second-order valence-electron chi connectivity index (χ2n) is 9.12. The Labute approximate surface area is 252 Å². The van der Waals surface area contributed by atoms with Gasteiger partial charge in [0.1, 0.15) is 11.4 Å². The van der Waals surface area contributed by atoms with Crippen LogP contribution in [0.15, 0.2) is 36.8 Å². The number of hydrogen-bond acceptors (Lipinski definition) is 8. The number of imidazole rings is 1. The number of carboxylic acids is 3. The number of rotatable bonds is 3. The number of aliphatic carboxylic acids is 3. The van der Waals surface area contributed by atoms with E-state index in [1.807, 2.05) is 24.5 Å². The summed E-state index contributed by atoms with van der Waals surface area (Å²) in [4.78, 5) is 50.2. The third-order valence-corrected chi connectivity index (χ3v) is 5.90. The van der Waals surface area contributed by atoms with Crippen LogP contribution in [0.3, 0.4) is 0 Å². The molecule has 0 bridgehead atoms. The van der Waals surface area contributed by atoms with Gasteiger partial charge >= 0.3 is 36.4 Å². The molecule has 0 radical (unpaired) electrons. The summed E-state index contributed by atoms with van der Waals surface area (Å²) < 4.78 is 104. The molecule has 2 aromatic heterocycles. The molecule has 1 spiro atoms. The molecule has 2 aliphatic rings. The van der Waals surface area contributed by atoms with Crippen LogP contribution >= 0.6 is 0 Å². The van der Waals surface area contributed by atoms with Crippen molar-refractivity contribution in [3.8, 4) is 0 Å². The number of pyridine rings is 1. The molecule has 4 N–H and O–H groups in total. The van der Waals surface area contributed by atoms with Crippen molar-refractivity contribution in [2.24, 2.45) is 0 Å². The van der Waals surface area contributed by atoms with E-state index < -0.39 is 48.1 Å². The Morgan fingerprint density at radius 3 is 1.74 bits per heavy atom. The maximum Gasteiger partial charge on any atom is 0.490 e. The van der Waals surface area contributed by atoms with Gasteiger partial charge in [0, 0.05) is 45.3 Å². The molecule has 4 rings (SSSR count). The second kappa shape index (κ2) is 16.2. The standard InChI is InChI=1S/C18H23N5O2.3C2HF3O2/c1-19-16(24)15-13-23-11-8-21-17(23)18(25-15)5-9-22(10-6-18)12-14-4-2-3-7-20-14;3*3-2(4,5)1(6)7/h2-4,7-8,11,15H,5-6,9-10,12-13H2,1H3,(H,19,24);3*(H,6,7). The summed E-state index contributed by atoms with van der Waals surface area (Å²) in [6.07, 6.45) is -8.50. The summed E-state index contributed by atoms with van der Waals surface area (Å²) in [5.41, 5.74) is 0.604. The molecule has 2 aromatic rings. The highest BCUT2D eigenvalue weighted by molar-refractivity contribution is 5.80. The lowest BCUT2D eigenvalue weighted by atomic mass is 9.88. The number of ether oxygens (including phenoxy) is 1. The lowest BCUT2D eigenvalue weighted by Crippen LogP contribution is -2.53. The number of fused-ring (bicyclic) bond motifs is 2. The molecule has 1 fully saturated rings. The van der Waals surface area contributed by atoms with Crippen molar-refractivity contribution in [1.82, 2.24) is 24.8 Å². The number of likely N-dealkylation sites (tertiary alicyclic amines) is 1. The molecule has 2 aliphatic heterocycles. The van der Waals surface area contributed by atoms with E-state index in [2.05, 4.69) is 30.8 Å². The fourth-order valence-electron chi connectivity index (χ4n) is 3.83. The summed E-state index contributed by atoms with van der Waals surface area (Å²) in [6, 6.07) is 6.00. The summed E-state index contributed by atoms with van der Waals surface area (Å²) in [7, 11) is 1.65. The first kappa shape index (κ1) is 39.6. The highest BCUT2D eigenvalue weighted by Gasteiger charge is 2.47. The largest absolute Gasteiger partial charge is 0.490 e. The average molecular weight is 683 g/mol. The Hall–Kier alpha value is -4.47. The zero-order valence-corrected chi connectivity index (χ0v) is 23.4. The van der Waals surface area contributed by atoms with Crippen LogP contribution in [-0.2, 0) is 42.6 Å². The van der Waals surface area contributed by atoms with E-state index in [4.69, 9.17) is 34.4 Å². The normalized spacial score (nSPS) is 17.4. The van der Waals surface area contributed by atoms with E-state index in [9.17, 15) is 44.3 Å². The van der Waals surface area contributed by atoms with Crippen LogP contribution < -0.4 is 5.32 Å². The summed E-state index contributed by atoms with van der Waals surface area (Å²) in [6.45, 7) is 3.15. The van der Waals surface area contributed by atoms with E-state index >= 15 is 0 Å². The molecule has 46 heavy (non-hydrogen) atoms. The van der Waals surface area contributed by atoms with E-state index in [1.165, 1.54) is 0 Å². The van der Waals surface area contributed by atoms with Gasteiger partial charge in [-0.05, 0) is 25.0 Å². The van der Waals surface area contributed by atoms with Crippen LogP contribution in [0, 0.1) is 0 Å². The van der Waals surface area contributed by atoms with Gasteiger partial charge in [-0.2, -0.15) is 39.5 Å². The van der Waals surface area contributed by atoms with Gasteiger partial charge in [0.15, 0.2) is 6.10 Å². The minimum absolute atomic E-state index is 0.0744. The molecule has 0 aliphatic carbocycles. The second-order valence-corrected chi connectivity index (χ2v) is 9.12. The topological polar surface area (TPSA) is 184 Å². The van der Waals surface area contributed by atoms with E-state index in [-0.39, 0.29) is 5.91 Å². The summed E-state index contributed by atoms with van der Waals surface area (Å²) in [5, 5.41) is 24.1. The van der Waals surface area contributed by atoms with Crippen LogP contribution in [0.25, 0.3) is 0 Å². The fourth-order valence-corrected chi connectivity index (χ4v) is 3.83. The first-order valence-electron chi connectivity index (χ1n) is 12.5. The van der Waals surface area contributed by atoms with Gasteiger partial charge in [-0.25, -0.2) is 19.4 Å². The molecule has 1 amide bonds. The van der Waals surface area contributed by atoms with E-state index in [0.717, 1.165) is 44.0 Å². The maximum absolute atomic E-state index is 12.1. The summed E-state index contributed by atoms with van der Waals surface area (Å²) >= 11 is 0. The summed E-state index contributed by atoms with van der Waals surface area (Å²) in [5.74, 6) is -7.40. The number of amides is 1. The van der Waals surface area contributed by atoms with Crippen molar-refractivity contribution >= 4 is 23.8 Å². The molecule has 1 atom stereocenters. The molecule has 13 nitrogen and oxygen atoms in total. The Morgan fingerprint density at radius 1 is 0.870 bits per heavy atom. The van der Waals surface area contributed by atoms with Crippen LogP contribution in [-0.4, -0.2) is 103 Å². The molecule has 4 heterocycles. The highest BCUT2D eigenvalue weighted by Crippen LogP contribution is 2.40. The Morgan fingerprint density at radius 2 is 1.35 bits per heavy atom. The van der Waals surface area contributed by atoms with Crippen LogP contribution in [0.2, 0.25) is 0 Å². The third kappa shape index (κ3) is 12.5. The van der Waals surface area contributed by atoms with Gasteiger partial charge in [-0.3, -0.25) is 14.7 Å². The molecule has 22 heteroatoms. The van der Waals surface area contributed by atoms with E-state index in [0.29, 0.717) is 6.54 Å². The minimum Gasteiger partial charge on any atom is -0.475 e. The van der Waals surface area contributed by atoms with Crippen LogP contribution in [0.1, 0.15) is 24.4 Å². The van der Waals surface area contributed by atoms with Crippen molar-refractivity contribution in [1.29, 1.82) is 0 Å². The number of likely N-dealkylation sites (N-methyl/N-ethyl adjacent to an activating group) is 1. The van der Waals surface area contributed by atoms with Gasteiger partial charge in [0.25, 0.3) is 5.91 Å². The van der Waals surface area contributed by atoms with Crippen molar-refractivity contribution < 1.29 is 78.7 Å². The molecular weight excluding hydrogens is 657 g/mol. The quantitative estimate of drug-likeness (QED) is 0.349. The van der Waals surface area contributed by atoms with Crippen molar-refractivity contribution in [3.63, 3.8) is 0 Å². The van der Waals surface area contributed by atoms with Crippen molar-refractivity contribution in [3.05, 3.63) is 48.3 Å². The number of carboxylic acid groups (broad SMARTS) is 3. The predicted molar refractivity (Wildman–Crippen MR) is 133 cm³/mol. The van der Waals surface area contributed by atoms with Gasteiger partial charge in [0.2, 0.25) is 0 Å². The van der Waals surface area contributed by atoms with Crippen molar-refractivity contribution in [2.45, 2.75) is 56.2 Å². The molecule has 258 valence electrons. The van der Waals surface area contributed by atoms with Crippen molar-refractivity contribution in [2.75, 3.05) is 20.1 Å². The first-order chi connectivity index (χ1) is 21.0. The first-order valence-corrected chi connectivity index (χ1v) is 12.5. The molecular formula is C24H26F9N5O8. The monoisotopic (exact) mass is 683 g/mol. The SMILES string of the molecule is CNC(=O)C1Cn2ccnc2C2(CCN(Cc3ccccn3)CC2)O1.O=C(O)C(F)(F)F.O=C(O)C(F)(F)F.O=C(O)C(F)(F)F. The number of alkyl halides is 9. The average Bonchev–Trinajstić information content (AvgIpc) is 3.44. The van der Waals surface area contributed by atoms with Crippen LogP contribution in [0.5, 0.6) is 0 Å². The number of nitrogens with one attached hydrogen (secondary N) is 1. The van der Waals surface area contributed by atoms with E-state index in [1.54, 1.807) is 13.2 Å². The zero-order valence-electron chi connectivity index (χ0n) is 23.4. The Balaban J connectivity index is 0.000000413. The number of carbonyl (C=O) groups excluding carboxylic acids is 1. The number of nitrogens with zero attached hydrogens (tertiary/aromatic N) is 4. The fraction of sp³-hybridized carbons (Fsp3) is 0.500. The molecule has 0 saturated carbocycles. The number of aromatic nitrogens is 3. The maximum atomic E-state index is 12.1. The number of piperidine rings is 1. The van der Waals surface area contributed by atoms with Crippen LogP contribution in [0.4, 0.5) is 39.5 Å². The zero-order chi connectivity index (χ0) is 35.5. The number of carbonyl (C=O) groups is 4. The molecule has 1 saturated heterocycles. The Kier molecular flexibility index (Phi) is 13.9. The molecule has 1 unspecified atom stereocenters. The lowest BCUT2D eigenvalue weighted by molar-refractivity contribution is -0.193. The highest BCUT2D eigenvalue weighted by atomic mass is 19.4. The minimum atomic E-state index is -5.08. The smallest absolute Gasteiger partial charge is 0.475 e. The Bertz CT molecular complexity index is 1250.